The molecule has 0 aliphatic heterocycles. The van der Waals surface area contributed by atoms with Crippen molar-refractivity contribution in [2.45, 2.75) is 37.9 Å². The third-order valence-electron chi connectivity index (χ3n) is 5.39. The predicted molar refractivity (Wildman–Crippen MR) is 129 cm³/mol. The lowest BCUT2D eigenvalue weighted by Gasteiger charge is -2.22. The first-order chi connectivity index (χ1) is 16.2. The third kappa shape index (κ3) is 5.81. The van der Waals surface area contributed by atoms with E-state index in [0.29, 0.717) is 28.1 Å². The van der Waals surface area contributed by atoms with Gasteiger partial charge in [0, 0.05) is 16.7 Å². The Morgan fingerprint density at radius 3 is 2.35 bits per heavy atom. The molecule has 0 saturated heterocycles. The highest BCUT2D eigenvalue weighted by Gasteiger charge is 2.43. The van der Waals surface area contributed by atoms with E-state index in [2.05, 4.69) is 6.58 Å². The molecule has 0 aliphatic rings. The van der Waals surface area contributed by atoms with Crippen LogP contribution in [-0.4, -0.2) is 27.1 Å². The highest BCUT2D eigenvalue weighted by molar-refractivity contribution is 7.38. The van der Waals surface area contributed by atoms with Crippen LogP contribution in [0.4, 0.5) is 4.39 Å². The second-order valence-corrected chi connectivity index (χ2v) is 9.22. The number of aliphatic hydroxyl groups is 1. The van der Waals surface area contributed by atoms with E-state index in [-0.39, 0.29) is 5.92 Å². The van der Waals surface area contributed by atoms with E-state index < -0.39 is 38.0 Å². The summed E-state index contributed by atoms with van der Waals surface area (Å²) < 4.78 is 30.9. The van der Waals surface area contributed by atoms with E-state index in [9.17, 15) is 23.7 Å². The zero-order chi connectivity index (χ0) is 24.8. The van der Waals surface area contributed by atoms with Crippen molar-refractivity contribution in [2.24, 2.45) is 0 Å². The molecular formula is C26H26FNO5P+. The van der Waals surface area contributed by atoms with Gasteiger partial charge in [-0.2, -0.15) is 4.89 Å². The van der Waals surface area contributed by atoms with Gasteiger partial charge in [0.25, 0.3) is 0 Å². The summed E-state index contributed by atoms with van der Waals surface area (Å²) in [6.07, 6.45) is -1.11. The lowest BCUT2D eigenvalue weighted by atomic mass is 9.88. The predicted octanol–water partition coefficient (Wildman–Crippen LogP) is 5.89. The monoisotopic (exact) mass is 482 g/mol. The molecule has 2 N–H and O–H groups in total. The molecule has 0 amide bonds. The van der Waals surface area contributed by atoms with E-state index in [4.69, 9.17) is 9.72 Å². The molecule has 0 radical (unpaired) electrons. The lowest BCUT2D eigenvalue weighted by Crippen LogP contribution is -2.23. The van der Waals surface area contributed by atoms with Crippen LogP contribution in [0.25, 0.3) is 22.5 Å². The maximum Gasteiger partial charge on any atom is 0.516 e. The maximum absolute atomic E-state index is 13.7. The number of benzene rings is 2. The number of halogens is 1. The van der Waals surface area contributed by atoms with Gasteiger partial charge < -0.3 is 9.84 Å². The number of hydrogen-bond acceptors (Lipinski definition) is 5. The molecule has 176 valence electrons. The van der Waals surface area contributed by atoms with Crippen molar-refractivity contribution in [1.82, 2.24) is 4.98 Å². The molecule has 3 rings (SSSR count). The van der Waals surface area contributed by atoms with Crippen molar-refractivity contribution in [3.05, 3.63) is 90.4 Å². The van der Waals surface area contributed by atoms with Crippen LogP contribution in [0, 0.1) is 5.82 Å². The summed E-state index contributed by atoms with van der Waals surface area (Å²) in [5.41, 5.74) is 2.00. The van der Waals surface area contributed by atoms with E-state index in [1.54, 1.807) is 0 Å². The Bertz CT molecular complexity index is 1180. The smallest absolute Gasteiger partial charge is 0.435 e. The van der Waals surface area contributed by atoms with Gasteiger partial charge in [0.15, 0.2) is 0 Å². The fraction of sp³-hybridized carbons (Fsp3) is 0.231. The highest BCUT2D eigenvalue weighted by atomic mass is 31.1. The molecule has 0 aliphatic carbocycles. The zero-order valence-corrected chi connectivity index (χ0v) is 19.8. The fourth-order valence-corrected chi connectivity index (χ4v) is 4.71. The zero-order valence-electron chi connectivity index (χ0n) is 18.9. The minimum atomic E-state index is -2.98. The molecule has 1 heterocycles. The molecule has 34 heavy (non-hydrogen) atoms. The van der Waals surface area contributed by atoms with Crippen LogP contribution in [0.5, 0.6) is 0 Å². The van der Waals surface area contributed by atoms with Gasteiger partial charge >= 0.3 is 14.0 Å². The van der Waals surface area contributed by atoms with Gasteiger partial charge in [0.2, 0.25) is 5.66 Å². The molecule has 0 fully saturated rings. The summed E-state index contributed by atoms with van der Waals surface area (Å²) in [4.78, 5) is 27.0. The van der Waals surface area contributed by atoms with Crippen molar-refractivity contribution >= 4 is 14.0 Å². The van der Waals surface area contributed by atoms with Gasteiger partial charge in [-0.25, -0.2) is 9.37 Å². The molecule has 6 nitrogen and oxygen atoms in total. The van der Waals surface area contributed by atoms with Crippen molar-refractivity contribution < 1.29 is 28.5 Å². The molecule has 8 heteroatoms. The number of carbonyl (C=O) groups is 1. The van der Waals surface area contributed by atoms with Gasteiger partial charge in [-0.05, 0) is 46.4 Å². The van der Waals surface area contributed by atoms with Crippen LogP contribution in [0.2, 0.25) is 0 Å². The third-order valence-corrected chi connectivity index (χ3v) is 6.47. The normalized spacial score (nSPS) is 13.3. The van der Waals surface area contributed by atoms with Crippen molar-refractivity contribution in [3.63, 3.8) is 0 Å². The van der Waals surface area contributed by atoms with E-state index in [1.807, 2.05) is 50.2 Å². The SMILES string of the molecule is C=COC(=O)CC(O)C(c1c(C(C)C)cc(-c2ccccc2)nc1-c1ccc(F)cc1)[P+](=O)O. The number of ether oxygens (including phenoxy) is 1. The van der Waals surface area contributed by atoms with Crippen LogP contribution in [-0.2, 0) is 14.1 Å². The van der Waals surface area contributed by atoms with Crippen LogP contribution >= 0.6 is 8.03 Å². The van der Waals surface area contributed by atoms with Gasteiger partial charge in [0.1, 0.15) is 11.9 Å². The maximum atomic E-state index is 13.7. The largest absolute Gasteiger partial charge is 0.516 e. The Labute approximate surface area is 198 Å². The number of aromatic nitrogens is 1. The summed E-state index contributed by atoms with van der Waals surface area (Å²) >= 11 is 0. The van der Waals surface area contributed by atoms with Crippen LogP contribution in [0.3, 0.4) is 0 Å². The number of nitrogens with zero attached hydrogens (tertiary/aromatic N) is 1. The van der Waals surface area contributed by atoms with Crippen LogP contribution < -0.4 is 0 Å². The van der Waals surface area contributed by atoms with Gasteiger partial charge in [0.05, 0.1) is 24.1 Å². The quantitative estimate of drug-likeness (QED) is 0.224. The average Bonchev–Trinajstić information content (AvgIpc) is 2.80. The Morgan fingerprint density at radius 1 is 1.15 bits per heavy atom. The summed E-state index contributed by atoms with van der Waals surface area (Å²) in [6.45, 7) is 7.15. The Balaban J connectivity index is 2.30. The number of aliphatic hydroxyl groups excluding tert-OH is 1. The highest BCUT2D eigenvalue weighted by Crippen LogP contribution is 2.48. The first kappa shape index (κ1) is 25.4. The molecule has 2 aromatic carbocycles. The fourth-order valence-electron chi connectivity index (χ4n) is 3.82. The van der Waals surface area contributed by atoms with Crippen molar-refractivity contribution in [2.75, 3.05) is 0 Å². The van der Waals surface area contributed by atoms with Crippen molar-refractivity contribution in [3.8, 4) is 22.5 Å². The summed E-state index contributed by atoms with van der Waals surface area (Å²) in [5, 5.41) is 10.9. The number of pyridine rings is 1. The first-order valence-corrected chi connectivity index (χ1v) is 12.0. The van der Waals surface area contributed by atoms with Gasteiger partial charge in [-0.1, -0.05) is 50.8 Å². The van der Waals surface area contributed by atoms with E-state index in [1.165, 1.54) is 24.3 Å². The topological polar surface area (TPSA) is 96.7 Å². The number of rotatable bonds is 9. The second-order valence-electron chi connectivity index (χ2n) is 8.06. The molecule has 1 aromatic heterocycles. The molecule has 3 atom stereocenters. The lowest BCUT2D eigenvalue weighted by molar-refractivity contribution is -0.140. The number of carbonyl (C=O) groups excluding carboxylic acids is 1. The molecule has 0 saturated carbocycles. The second kappa shape index (κ2) is 11.3. The first-order valence-electron chi connectivity index (χ1n) is 10.7. The standard InChI is InChI=1S/C26H25FNO5P/c1-4-33-23(30)15-22(29)26(34(31)32)24-20(16(2)3)14-21(17-8-6-5-7-9-17)28-25(24)18-10-12-19(27)13-11-18/h4-14,16,22,26,29H,1,15H2,2-3H3/p+1. The Hall–Kier alpha value is -3.25. The number of esters is 1. The van der Waals surface area contributed by atoms with Crippen molar-refractivity contribution in [1.29, 1.82) is 0 Å². The van der Waals surface area contributed by atoms with Gasteiger partial charge in [-0.15, -0.1) is 0 Å². The van der Waals surface area contributed by atoms with Crippen LogP contribution in [0.15, 0.2) is 73.5 Å². The summed E-state index contributed by atoms with van der Waals surface area (Å²) in [6, 6.07) is 16.8. The van der Waals surface area contributed by atoms with E-state index in [0.717, 1.165) is 11.8 Å². The molecule has 0 spiro atoms. The summed E-state index contributed by atoms with van der Waals surface area (Å²) in [7, 11) is -2.98. The molecule has 3 aromatic rings. The van der Waals surface area contributed by atoms with Gasteiger partial charge in [-0.3, -0.25) is 4.79 Å². The Morgan fingerprint density at radius 2 is 1.79 bits per heavy atom. The minimum Gasteiger partial charge on any atom is -0.435 e. The molecule has 0 bridgehead atoms. The molecular weight excluding hydrogens is 456 g/mol. The minimum absolute atomic E-state index is 0.121. The van der Waals surface area contributed by atoms with Crippen LogP contribution in [0.1, 0.15) is 43.0 Å². The Kier molecular flexibility index (Phi) is 8.40. The number of hydrogen-bond donors (Lipinski definition) is 2. The average molecular weight is 482 g/mol. The molecule has 3 unspecified atom stereocenters. The summed E-state index contributed by atoms with van der Waals surface area (Å²) in [5.74, 6) is -1.34. The van der Waals surface area contributed by atoms with E-state index >= 15 is 0 Å².